The third-order valence-corrected chi connectivity index (χ3v) is 1.72. The SMILES string of the molecule is CC(=O)NCc1ccccc1[N+](=O)[O-]. The molecule has 0 unspecified atom stereocenters. The molecule has 0 radical (unpaired) electrons. The minimum Gasteiger partial charge on any atom is -0.352 e. The summed E-state index contributed by atoms with van der Waals surface area (Å²) in [5.41, 5.74) is 0.536. The van der Waals surface area contributed by atoms with Crippen LogP contribution < -0.4 is 5.32 Å². The van der Waals surface area contributed by atoms with Crippen molar-refractivity contribution in [3.8, 4) is 0 Å². The number of nitro groups is 1. The molecule has 1 aromatic rings. The van der Waals surface area contributed by atoms with Crippen LogP contribution in [-0.2, 0) is 11.3 Å². The second-order valence-electron chi connectivity index (χ2n) is 2.80. The molecule has 0 bridgehead atoms. The van der Waals surface area contributed by atoms with Crippen LogP contribution in [0.4, 0.5) is 5.69 Å². The first-order chi connectivity index (χ1) is 6.61. The lowest BCUT2D eigenvalue weighted by Gasteiger charge is -2.02. The van der Waals surface area contributed by atoms with Crippen molar-refractivity contribution in [1.29, 1.82) is 0 Å². The summed E-state index contributed by atoms with van der Waals surface area (Å²) in [5.74, 6) is -0.205. The van der Waals surface area contributed by atoms with E-state index in [2.05, 4.69) is 5.32 Å². The van der Waals surface area contributed by atoms with Crippen LogP contribution in [0.3, 0.4) is 0 Å². The Morgan fingerprint density at radius 1 is 1.50 bits per heavy atom. The zero-order valence-corrected chi connectivity index (χ0v) is 7.69. The third-order valence-electron chi connectivity index (χ3n) is 1.72. The number of amides is 1. The van der Waals surface area contributed by atoms with Gasteiger partial charge in [-0.2, -0.15) is 0 Å². The van der Waals surface area contributed by atoms with E-state index in [1.165, 1.54) is 13.0 Å². The van der Waals surface area contributed by atoms with E-state index in [0.29, 0.717) is 5.56 Å². The van der Waals surface area contributed by atoms with Crippen LogP contribution in [0.5, 0.6) is 0 Å². The number of carbonyl (C=O) groups excluding carboxylic acids is 1. The zero-order valence-electron chi connectivity index (χ0n) is 7.69. The van der Waals surface area contributed by atoms with Gasteiger partial charge in [-0.25, -0.2) is 0 Å². The third kappa shape index (κ3) is 2.55. The number of benzene rings is 1. The quantitative estimate of drug-likeness (QED) is 0.581. The summed E-state index contributed by atoms with van der Waals surface area (Å²) < 4.78 is 0. The molecule has 0 aliphatic rings. The Labute approximate surface area is 80.9 Å². The minimum absolute atomic E-state index is 0.0289. The molecule has 0 fully saturated rings. The lowest BCUT2D eigenvalue weighted by Crippen LogP contribution is -2.19. The highest BCUT2D eigenvalue weighted by Gasteiger charge is 2.11. The van der Waals surface area contributed by atoms with Crippen molar-refractivity contribution < 1.29 is 9.72 Å². The molecule has 5 heteroatoms. The molecule has 1 rings (SSSR count). The molecule has 0 spiro atoms. The van der Waals surface area contributed by atoms with Crippen molar-refractivity contribution in [1.82, 2.24) is 5.32 Å². The van der Waals surface area contributed by atoms with Crippen molar-refractivity contribution in [2.24, 2.45) is 0 Å². The second-order valence-corrected chi connectivity index (χ2v) is 2.80. The number of para-hydroxylation sites is 1. The summed E-state index contributed by atoms with van der Waals surface area (Å²) in [6.07, 6.45) is 0. The second kappa shape index (κ2) is 4.36. The van der Waals surface area contributed by atoms with Crippen LogP contribution in [0.15, 0.2) is 24.3 Å². The van der Waals surface area contributed by atoms with Gasteiger partial charge in [0.1, 0.15) is 0 Å². The van der Waals surface area contributed by atoms with E-state index in [1.807, 2.05) is 0 Å². The molecule has 74 valence electrons. The summed E-state index contributed by atoms with van der Waals surface area (Å²) in [5, 5.41) is 13.1. The molecule has 0 atom stereocenters. The van der Waals surface area contributed by atoms with E-state index in [9.17, 15) is 14.9 Å². The predicted molar refractivity (Wildman–Crippen MR) is 50.6 cm³/mol. The van der Waals surface area contributed by atoms with Gasteiger partial charge in [-0.15, -0.1) is 0 Å². The highest BCUT2D eigenvalue weighted by atomic mass is 16.6. The highest BCUT2D eigenvalue weighted by Crippen LogP contribution is 2.16. The predicted octanol–water partition coefficient (Wildman–Crippen LogP) is 1.23. The maximum absolute atomic E-state index is 10.6. The standard InChI is InChI=1S/C9H10N2O3/c1-7(12)10-6-8-4-2-3-5-9(8)11(13)14/h2-5H,6H2,1H3,(H,10,12). The molecule has 1 amide bonds. The molecule has 0 aliphatic heterocycles. The van der Waals surface area contributed by atoms with Crippen molar-refractivity contribution in [3.63, 3.8) is 0 Å². The summed E-state index contributed by atoms with van der Waals surface area (Å²) in [6, 6.07) is 6.32. The maximum Gasteiger partial charge on any atom is 0.274 e. The maximum atomic E-state index is 10.6. The summed E-state index contributed by atoms with van der Waals surface area (Å²) in [6.45, 7) is 1.56. The van der Waals surface area contributed by atoms with Crippen LogP contribution in [-0.4, -0.2) is 10.8 Å². The van der Waals surface area contributed by atoms with Gasteiger partial charge < -0.3 is 5.32 Å². The number of hydrogen-bond donors (Lipinski definition) is 1. The molecule has 5 nitrogen and oxygen atoms in total. The van der Waals surface area contributed by atoms with E-state index >= 15 is 0 Å². The van der Waals surface area contributed by atoms with Crippen molar-refractivity contribution in [3.05, 3.63) is 39.9 Å². The Hall–Kier alpha value is -1.91. The molecule has 0 aromatic heterocycles. The van der Waals surface area contributed by atoms with E-state index in [-0.39, 0.29) is 18.1 Å². The fourth-order valence-corrected chi connectivity index (χ4v) is 1.06. The van der Waals surface area contributed by atoms with Gasteiger partial charge in [-0.3, -0.25) is 14.9 Å². The van der Waals surface area contributed by atoms with Crippen LogP contribution in [0, 0.1) is 10.1 Å². The van der Waals surface area contributed by atoms with Gasteiger partial charge in [-0.05, 0) is 0 Å². The fraction of sp³-hybridized carbons (Fsp3) is 0.222. The molecule has 0 saturated carbocycles. The van der Waals surface area contributed by atoms with Crippen molar-refractivity contribution in [2.45, 2.75) is 13.5 Å². The van der Waals surface area contributed by atoms with Crippen molar-refractivity contribution in [2.75, 3.05) is 0 Å². The number of nitrogens with zero attached hydrogens (tertiary/aromatic N) is 1. The van der Waals surface area contributed by atoms with Gasteiger partial charge in [-0.1, -0.05) is 18.2 Å². The zero-order chi connectivity index (χ0) is 10.6. The van der Waals surface area contributed by atoms with E-state index < -0.39 is 4.92 Å². The largest absolute Gasteiger partial charge is 0.352 e. The van der Waals surface area contributed by atoms with E-state index in [1.54, 1.807) is 18.2 Å². The molecule has 0 aliphatic carbocycles. The van der Waals surface area contributed by atoms with E-state index in [4.69, 9.17) is 0 Å². The Balaban J connectivity index is 2.84. The molecule has 1 N–H and O–H groups in total. The number of carbonyl (C=O) groups is 1. The average Bonchev–Trinajstić information content (AvgIpc) is 2.15. The Bertz CT molecular complexity index is 363. The van der Waals surface area contributed by atoms with Gasteiger partial charge in [0, 0.05) is 25.1 Å². The lowest BCUT2D eigenvalue weighted by molar-refractivity contribution is -0.385. The molecule has 1 aromatic carbocycles. The molecular weight excluding hydrogens is 184 g/mol. The summed E-state index contributed by atoms with van der Waals surface area (Å²) in [7, 11) is 0. The first-order valence-corrected chi connectivity index (χ1v) is 4.08. The van der Waals surface area contributed by atoms with Gasteiger partial charge in [0.15, 0.2) is 0 Å². The van der Waals surface area contributed by atoms with Crippen LogP contribution >= 0.6 is 0 Å². The lowest BCUT2D eigenvalue weighted by atomic mass is 10.2. The van der Waals surface area contributed by atoms with Gasteiger partial charge in [0.05, 0.1) is 4.92 Å². The number of nitro benzene ring substituents is 1. The summed E-state index contributed by atoms with van der Waals surface area (Å²) in [4.78, 5) is 20.7. The number of rotatable bonds is 3. The van der Waals surface area contributed by atoms with Crippen LogP contribution in [0.2, 0.25) is 0 Å². The Morgan fingerprint density at radius 3 is 2.71 bits per heavy atom. The average molecular weight is 194 g/mol. The van der Waals surface area contributed by atoms with Gasteiger partial charge >= 0.3 is 0 Å². The Morgan fingerprint density at radius 2 is 2.14 bits per heavy atom. The topological polar surface area (TPSA) is 72.2 Å². The number of hydrogen-bond acceptors (Lipinski definition) is 3. The Kier molecular flexibility index (Phi) is 3.17. The monoisotopic (exact) mass is 194 g/mol. The smallest absolute Gasteiger partial charge is 0.274 e. The van der Waals surface area contributed by atoms with E-state index in [0.717, 1.165) is 0 Å². The van der Waals surface area contributed by atoms with Crippen LogP contribution in [0.25, 0.3) is 0 Å². The first-order valence-electron chi connectivity index (χ1n) is 4.08. The highest BCUT2D eigenvalue weighted by molar-refractivity contribution is 5.72. The van der Waals surface area contributed by atoms with Gasteiger partial charge in [0.25, 0.3) is 5.69 Å². The summed E-state index contributed by atoms with van der Waals surface area (Å²) >= 11 is 0. The minimum atomic E-state index is -0.461. The molecule has 14 heavy (non-hydrogen) atoms. The molecule has 0 saturated heterocycles. The number of nitrogens with one attached hydrogen (secondary N) is 1. The van der Waals surface area contributed by atoms with Crippen molar-refractivity contribution >= 4 is 11.6 Å². The normalized spacial score (nSPS) is 9.50. The first kappa shape index (κ1) is 10.2. The van der Waals surface area contributed by atoms with Gasteiger partial charge in [0.2, 0.25) is 5.91 Å². The molecular formula is C9H10N2O3. The fourth-order valence-electron chi connectivity index (χ4n) is 1.06. The molecule has 0 heterocycles. The van der Waals surface area contributed by atoms with Crippen LogP contribution in [0.1, 0.15) is 12.5 Å².